The Morgan fingerprint density at radius 1 is 1.06 bits per heavy atom. The van der Waals surface area contributed by atoms with Crippen molar-refractivity contribution in [2.45, 2.75) is 6.61 Å². The van der Waals surface area contributed by atoms with Crippen LogP contribution in [0.1, 0.15) is 11.1 Å². The van der Waals surface area contributed by atoms with Crippen molar-refractivity contribution in [2.75, 3.05) is 5.43 Å². The number of aromatic nitrogens is 1. The number of benzene rings is 3. The van der Waals surface area contributed by atoms with Gasteiger partial charge < -0.3 is 4.74 Å². The lowest BCUT2D eigenvalue weighted by Gasteiger charge is -2.06. The van der Waals surface area contributed by atoms with Crippen LogP contribution in [0, 0.1) is 10.1 Å². The van der Waals surface area contributed by atoms with Crippen molar-refractivity contribution in [3.63, 3.8) is 0 Å². The van der Waals surface area contributed by atoms with E-state index in [4.69, 9.17) is 4.74 Å². The number of nitro groups is 1. The van der Waals surface area contributed by atoms with Crippen molar-refractivity contribution in [3.8, 4) is 17.0 Å². The highest BCUT2D eigenvalue weighted by molar-refractivity contribution is 7.14. The molecule has 8 heteroatoms. The number of anilines is 1. The summed E-state index contributed by atoms with van der Waals surface area (Å²) in [6.07, 6.45) is 1.69. The Morgan fingerprint density at radius 3 is 2.65 bits per heavy atom. The molecule has 1 heterocycles. The van der Waals surface area contributed by atoms with Crippen LogP contribution in [0.5, 0.6) is 5.75 Å². The molecule has 1 N–H and O–H groups in total. The molecule has 31 heavy (non-hydrogen) atoms. The summed E-state index contributed by atoms with van der Waals surface area (Å²) in [5.41, 5.74) is 6.31. The predicted molar refractivity (Wildman–Crippen MR) is 123 cm³/mol. The molecule has 3 aromatic carbocycles. The number of thiazole rings is 1. The van der Waals surface area contributed by atoms with Gasteiger partial charge in [0.25, 0.3) is 5.69 Å². The molecule has 0 bridgehead atoms. The molecule has 0 aliphatic rings. The molecule has 0 fully saturated rings. The number of nitrogens with zero attached hydrogens (tertiary/aromatic N) is 3. The van der Waals surface area contributed by atoms with E-state index in [1.54, 1.807) is 18.3 Å². The van der Waals surface area contributed by atoms with Gasteiger partial charge >= 0.3 is 0 Å². The normalized spacial score (nSPS) is 10.8. The lowest BCUT2D eigenvalue weighted by atomic mass is 10.1. The molecular formula is C23H18N4O3S. The minimum atomic E-state index is -0.419. The van der Waals surface area contributed by atoms with Gasteiger partial charge in [-0.25, -0.2) is 4.98 Å². The Labute approximate surface area is 182 Å². The number of hydrogen-bond donors (Lipinski definition) is 1. The Bertz CT molecular complexity index is 1190. The zero-order chi connectivity index (χ0) is 21.5. The highest BCUT2D eigenvalue weighted by Gasteiger charge is 2.09. The Morgan fingerprint density at radius 2 is 1.87 bits per heavy atom. The lowest BCUT2D eigenvalue weighted by Crippen LogP contribution is -1.95. The van der Waals surface area contributed by atoms with Crippen molar-refractivity contribution in [2.24, 2.45) is 5.10 Å². The largest absolute Gasteiger partial charge is 0.489 e. The standard InChI is InChI=1S/C23H18N4O3S/c28-27(29)20-8-4-7-19(13-20)22-16-31-23(25-22)26-24-14-17-9-11-21(12-10-17)30-15-18-5-2-1-3-6-18/h1-14,16H,15H2,(H,25,26)/b24-14+. The van der Waals surface area contributed by atoms with E-state index < -0.39 is 4.92 Å². The van der Waals surface area contributed by atoms with Crippen molar-refractivity contribution in [1.29, 1.82) is 0 Å². The fraction of sp³-hybridized carbons (Fsp3) is 0.0435. The second-order valence-electron chi connectivity index (χ2n) is 6.56. The SMILES string of the molecule is O=[N+]([O-])c1cccc(-c2csc(N/N=C/c3ccc(OCc4ccccc4)cc3)n2)c1. The van der Waals surface area contributed by atoms with Gasteiger partial charge in [-0.15, -0.1) is 11.3 Å². The number of ether oxygens (including phenoxy) is 1. The maximum absolute atomic E-state index is 10.9. The fourth-order valence-corrected chi connectivity index (χ4v) is 3.46. The molecule has 0 saturated carbocycles. The molecule has 4 rings (SSSR count). The summed E-state index contributed by atoms with van der Waals surface area (Å²) in [6.45, 7) is 0.521. The van der Waals surface area contributed by atoms with E-state index in [0.29, 0.717) is 23.0 Å². The highest BCUT2D eigenvalue weighted by atomic mass is 32.1. The van der Waals surface area contributed by atoms with Gasteiger partial charge in [0.15, 0.2) is 0 Å². The zero-order valence-electron chi connectivity index (χ0n) is 16.3. The number of nitro benzene ring substituents is 1. The van der Waals surface area contributed by atoms with E-state index in [1.807, 2.05) is 60.0 Å². The van der Waals surface area contributed by atoms with Crippen LogP contribution in [0.3, 0.4) is 0 Å². The van der Waals surface area contributed by atoms with Gasteiger partial charge in [-0.2, -0.15) is 5.10 Å². The average Bonchev–Trinajstić information content (AvgIpc) is 3.28. The monoisotopic (exact) mass is 430 g/mol. The minimum absolute atomic E-state index is 0.0363. The summed E-state index contributed by atoms with van der Waals surface area (Å²) in [4.78, 5) is 14.9. The quantitative estimate of drug-likeness (QED) is 0.219. The zero-order valence-corrected chi connectivity index (χ0v) is 17.2. The second kappa shape index (κ2) is 9.64. The van der Waals surface area contributed by atoms with Crippen LogP contribution in [0.2, 0.25) is 0 Å². The summed E-state index contributed by atoms with van der Waals surface area (Å²) in [5.74, 6) is 0.787. The van der Waals surface area contributed by atoms with Crippen LogP contribution >= 0.6 is 11.3 Å². The van der Waals surface area contributed by atoms with Crippen LogP contribution in [0.15, 0.2) is 89.3 Å². The van der Waals surface area contributed by atoms with Crippen LogP contribution in [0.25, 0.3) is 11.3 Å². The number of hydrazone groups is 1. The Hall–Kier alpha value is -4.04. The first-order chi connectivity index (χ1) is 15.2. The fourth-order valence-electron chi connectivity index (χ4n) is 2.79. The number of rotatable bonds is 8. The van der Waals surface area contributed by atoms with Crippen molar-refractivity contribution < 1.29 is 9.66 Å². The van der Waals surface area contributed by atoms with E-state index in [1.165, 1.54) is 23.5 Å². The van der Waals surface area contributed by atoms with Gasteiger partial charge in [0.2, 0.25) is 5.13 Å². The summed E-state index contributed by atoms with van der Waals surface area (Å²) in [5, 5.41) is 17.6. The summed E-state index contributed by atoms with van der Waals surface area (Å²) < 4.78 is 5.78. The van der Waals surface area contributed by atoms with Crippen molar-refractivity contribution in [1.82, 2.24) is 4.98 Å². The van der Waals surface area contributed by atoms with E-state index in [2.05, 4.69) is 15.5 Å². The molecule has 0 radical (unpaired) electrons. The molecule has 0 unspecified atom stereocenters. The molecule has 1 aromatic heterocycles. The molecule has 7 nitrogen and oxygen atoms in total. The van der Waals surface area contributed by atoms with Crippen LogP contribution in [-0.2, 0) is 6.61 Å². The van der Waals surface area contributed by atoms with Gasteiger partial charge in [-0.3, -0.25) is 15.5 Å². The van der Waals surface area contributed by atoms with Crippen molar-refractivity contribution >= 4 is 28.4 Å². The van der Waals surface area contributed by atoms with E-state index in [-0.39, 0.29) is 5.69 Å². The van der Waals surface area contributed by atoms with Gasteiger partial charge in [0.1, 0.15) is 12.4 Å². The number of hydrogen-bond acceptors (Lipinski definition) is 7. The first-order valence-corrected chi connectivity index (χ1v) is 10.3. The summed E-state index contributed by atoms with van der Waals surface area (Å²) in [6, 6.07) is 24.0. The van der Waals surface area contributed by atoms with Crippen molar-refractivity contribution in [3.05, 3.63) is 105 Å². The maximum Gasteiger partial charge on any atom is 0.270 e. The van der Waals surface area contributed by atoms with Gasteiger partial charge in [-0.05, 0) is 35.4 Å². The smallest absolute Gasteiger partial charge is 0.270 e. The molecule has 154 valence electrons. The molecule has 0 amide bonds. The molecule has 0 aliphatic heterocycles. The molecule has 4 aromatic rings. The Kier molecular flexibility index (Phi) is 6.29. The van der Waals surface area contributed by atoms with Gasteiger partial charge in [-0.1, -0.05) is 42.5 Å². The second-order valence-corrected chi connectivity index (χ2v) is 7.42. The van der Waals surface area contributed by atoms with E-state index >= 15 is 0 Å². The molecule has 0 aliphatic carbocycles. The number of nitrogens with one attached hydrogen (secondary N) is 1. The lowest BCUT2D eigenvalue weighted by molar-refractivity contribution is -0.384. The summed E-state index contributed by atoms with van der Waals surface area (Å²) >= 11 is 1.37. The molecule has 0 saturated heterocycles. The van der Waals surface area contributed by atoms with E-state index in [9.17, 15) is 10.1 Å². The minimum Gasteiger partial charge on any atom is -0.489 e. The molecular weight excluding hydrogens is 412 g/mol. The topological polar surface area (TPSA) is 89.7 Å². The average molecular weight is 430 g/mol. The maximum atomic E-state index is 10.9. The van der Waals surface area contributed by atoms with Crippen LogP contribution < -0.4 is 10.2 Å². The highest BCUT2D eigenvalue weighted by Crippen LogP contribution is 2.27. The Balaban J connectivity index is 1.33. The van der Waals surface area contributed by atoms with Gasteiger partial charge in [0, 0.05) is 23.1 Å². The predicted octanol–water partition coefficient (Wildman–Crippen LogP) is 5.74. The molecule has 0 spiro atoms. The number of non-ortho nitro benzene ring substituents is 1. The van der Waals surface area contributed by atoms with E-state index in [0.717, 1.165) is 16.9 Å². The third-order valence-electron chi connectivity index (χ3n) is 4.36. The molecule has 0 atom stereocenters. The third kappa shape index (κ3) is 5.52. The third-order valence-corrected chi connectivity index (χ3v) is 5.11. The van der Waals surface area contributed by atoms with Gasteiger partial charge in [0.05, 0.1) is 16.8 Å². The first kappa shape index (κ1) is 20.2. The first-order valence-electron chi connectivity index (χ1n) is 9.43. The van der Waals surface area contributed by atoms with Crippen LogP contribution in [0.4, 0.5) is 10.8 Å². The summed E-state index contributed by atoms with van der Waals surface area (Å²) in [7, 11) is 0. The van der Waals surface area contributed by atoms with Crippen LogP contribution in [-0.4, -0.2) is 16.1 Å².